The topological polar surface area (TPSA) is 43.4 Å². The lowest BCUT2D eigenvalue weighted by Gasteiger charge is -2.44. The molecular formula is C21H24Br2O3. The third kappa shape index (κ3) is 1.28. The molecule has 26 heavy (non-hydrogen) atoms. The van der Waals surface area contributed by atoms with E-state index < -0.39 is 5.41 Å². The standard InChI is InChI=1S/C21H24Br2O3/c1-26-20(25)21-17-7-3-5-8(22)10(7)13-15(17)14-12(16(13)19(21)24)6-2-4-9(23)11(6)18(14)21/h6-18H,2-5H2,1H3/t6-,7+,8-,9-,10+,11+,12-,13+,14+,15+,16-,17+,18-,21+/m0/s1. The Balaban J connectivity index is 1.51. The van der Waals surface area contributed by atoms with Crippen molar-refractivity contribution >= 4 is 43.6 Å². The van der Waals surface area contributed by atoms with Gasteiger partial charge in [-0.1, -0.05) is 31.9 Å². The maximum atomic E-state index is 14.0. The Bertz CT molecular complexity index is 754. The minimum absolute atomic E-state index is 0.151. The van der Waals surface area contributed by atoms with E-state index in [0.29, 0.717) is 62.8 Å². The highest BCUT2D eigenvalue weighted by Crippen LogP contribution is 2.87. The zero-order chi connectivity index (χ0) is 17.7. The van der Waals surface area contributed by atoms with Gasteiger partial charge in [-0.05, 0) is 84.9 Å². The summed E-state index contributed by atoms with van der Waals surface area (Å²) in [4.78, 5) is 28.4. The van der Waals surface area contributed by atoms with Crippen molar-refractivity contribution in [2.75, 3.05) is 7.11 Å². The monoisotopic (exact) mass is 482 g/mol. The highest BCUT2D eigenvalue weighted by Gasteiger charge is 2.90. The average Bonchev–Trinajstić information content (AvgIpc) is 3.37. The number of fused-ring (bicyclic) bond motifs is 2. The van der Waals surface area contributed by atoms with Crippen LogP contribution in [-0.4, -0.2) is 28.5 Å². The van der Waals surface area contributed by atoms with Gasteiger partial charge in [0, 0.05) is 15.6 Å². The molecule has 8 rings (SSSR count). The zero-order valence-electron chi connectivity index (χ0n) is 14.8. The lowest BCUT2D eigenvalue weighted by Crippen LogP contribution is -2.56. The van der Waals surface area contributed by atoms with E-state index in [4.69, 9.17) is 4.74 Å². The number of rotatable bonds is 1. The number of esters is 1. The van der Waals surface area contributed by atoms with Crippen molar-refractivity contribution in [1.29, 1.82) is 0 Å². The smallest absolute Gasteiger partial charge is 0.319 e. The van der Waals surface area contributed by atoms with Gasteiger partial charge in [-0.15, -0.1) is 0 Å². The highest BCUT2D eigenvalue weighted by atomic mass is 79.9. The molecule has 0 aliphatic heterocycles. The molecule has 8 aliphatic rings. The molecule has 0 unspecified atom stereocenters. The number of Topliss-reactive ketones (excluding diaryl/α,β-unsaturated/α-hetero) is 1. The molecular weight excluding hydrogens is 460 g/mol. The van der Waals surface area contributed by atoms with Crippen molar-refractivity contribution in [3.05, 3.63) is 0 Å². The van der Waals surface area contributed by atoms with E-state index in [1.54, 1.807) is 0 Å². The molecule has 0 amide bonds. The molecule has 8 bridgehead atoms. The first-order chi connectivity index (χ1) is 12.5. The highest BCUT2D eigenvalue weighted by molar-refractivity contribution is 9.09. The summed E-state index contributed by atoms with van der Waals surface area (Å²) in [7, 11) is 1.51. The predicted molar refractivity (Wildman–Crippen MR) is 102 cm³/mol. The van der Waals surface area contributed by atoms with Gasteiger partial charge in [0.05, 0.1) is 7.11 Å². The number of hydrogen-bond acceptors (Lipinski definition) is 3. The molecule has 0 saturated heterocycles. The van der Waals surface area contributed by atoms with E-state index >= 15 is 0 Å². The van der Waals surface area contributed by atoms with Crippen molar-refractivity contribution in [2.45, 2.75) is 35.3 Å². The number of halogens is 2. The van der Waals surface area contributed by atoms with Gasteiger partial charge in [0.25, 0.3) is 0 Å². The van der Waals surface area contributed by atoms with Crippen LogP contribution in [0.15, 0.2) is 0 Å². The summed E-state index contributed by atoms with van der Waals surface area (Å²) in [5.74, 6) is 5.56. The second kappa shape index (κ2) is 4.63. The Labute approximate surface area is 170 Å². The van der Waals surface area contributed by atoms with Crippen LogP contribution in [0.2, 0.25) is 0 Å². The molecule has 140 valence electrons. The van der Waals surface area contributed by atoms with Crippen LogP contribution in [0.3, 0.4) is 0 Å². The minimum Gasteiger partial charge on any atom is -0.468 e. The lowest BCUT2D eigenvalue weighted by molar-refractivity contribution is -0.172. The summed E-state index contributed by atoms with van der Waals surface area (Å²) >= 11 is 7.94. The van der Waals surface area contributed by atoms with Gasteiger partial charge >= 0.3 is 5.97 Å². The number of carbonyl (C=O) groups is 2. The minimum atomic E-state index is -0.798. The van der Waals surface area contributed by atoms with Crippen molar-refractivity contribution in [3.8, 4) is 0 Å². The van der Waals surface area contributed by atoms with E-state index in [-0.39, 0.29) is 23.7 Å². The Morgan fingerprint density at radius 2 is 1.54 bits per heavy atom. The maximum absolute atomic E-state index is 14.0. The molecule has 8 fully saturated rings. The van der Waals surface area contributed by atoms with Crippen LogP contribution in [-0.2, 0) is 14.3 Å². The summed E-state index contributed by atoms with van der Waals surface area (Å²) in [6.07, 6.45) is 4.85. The van der Waals surface area contributed by atoms with Gasteiger partial charge < -0.3 is 4.74 Å². The summed E-state index contributed by atoms with van der Waals surface area (Å²) in [6, 6.07) is 0. The molecule has 0 N–H and O–H groups in total. The largest absolute Gasteiger partial charge is 0.468 e. The fourth-order valence-electron chi connectivity index (χ4n) is 10.7. The maximum Gasteiger partial charge on any atom is 0.319 e. The van der Waals surface area contributed by atoms with Crippen LogP contribution < -0.4 is 0 Å². The summed E-state index contributed by atoms with van der Waals surface area (Å²) < 4.78 is 5.42. The van der Waals surface area contributed by atoms with E-state index in [1.807, 2.05) is 0 Å². The van der Waals surface area contributed by atoms with Crippen LogP contribution in [0.25, 0.3) is 0 Å². The van der Waals surface area contributed by atoms with Gasteiger partial charge in [-0.2, -0.15) is 0 Å². The molecule has 0 aromatic carbocycles. The molecule has 8 saturated carbocycles. The van der Waals surface area contributed by atoms with E-state index in [1.165, 1.54) is 32.8 Å². The zero-order valence-corrected chi connectivity index (χ0v) is 18.0. The third-order valence-electron chi connectivity index (χ3n) is 10.5. The number of carbonyl (C=O) groups excluding carboxylic acids is 2. The molecule has 5 heteroatoms. The molecule has 8 aliphatic carbocycles. The first-order valence-corrected chi connectivity index (χ1v) is 12.3. The SMILES string of the molecule is COC(=O)[C@@]12C(=O)[C@@H]3[C@H]4[C@H]([C@H]5[C@@H]3[C@H]3CC[C@H](Br)[C@@H]3[C@@H]51)[C@H]2[C@@H]1CC[C@H](Br)[C@@H]14. The molecule has 0 aromatic rings. The third-order valence-corrected chi connectivity index (χ3v) is 12.6. The quantitative estimate of drug-likeness (QED) is 0.324. The van der Waals surface area contributed by atoms with Crippen molar-refractivity contribution in [3.63, 3.8) is 0 Å². The summed E-state index contributed by atoms with van der Waals surface area (Å²) in [6.45, 7) is 0. The van der Waals surface area contributed by atoms with Crippen LogP contribution in [0, 0.1) is 70.5 Å². The molecule has 3 nitrogen and oxygen atoms in total. The summed E-state index contributed by atoms with van der Waals surface area (Å²) in [5, 5.41) is 0. The van der Waals surface area contributed by atoms with E-state index in [0.717, 1.165) is 0 Å². The number of methoxy groups -OCH3 is 1. The van der Waals surface area contributed by atoms with E-state index in [9.17, 15) is 9.59 Å². The van der Waals surface area contributed by atoms with Gasteiger partial charge in [0.1, 0.15) is 5.41 Å². The molecule has 0 spiro atoms. The van der Waals surface area contributed by atoms with Gasteiger partial charge in [0.15, 0.2) is 5.78 Å². The second-order valence-corrected chi connectivity index (χ2v) is 12.6. The molecule has 14 atom stereocenters. The van der Waals surface area contributed by atoms with Gasteiger partial charge in [0.2, 0.25) is 0 Å². The average molecular weight is 484 g/mol. The van der Waals surface area contributed by atoms with Crippen LogP contribution in [0.5, 0.6) is 0 Å². The van der Waals surface area contributed by atoms with Crippen LogP contribution in [0.4, 0.5) is 0 Å². The Hall–Kier alpha value is 0.1000. The number of hydrogen-bond donors (Lipinski definition) is 0. The normalized spacial score (nSPS) is 68.0. The number of ether oxygens (including phenoxy) is 1. The molecule has 0 aromatic heterocycles. The van der Waals surface area contributed by atoms with Crippen molar-refractivity contribution in [2.24, 2.45) is 70.5 Å². The van der Waals surface area contributed by atoms with Gasteiger partial charge in [-0.25, -0.2) is 0 Å². The van der Waals surface area contributed by atoms with E-state index in [2.05, 4.69) is 31.9 Å². The lowest BCUT2D eigenvalue weighted by atomic mass is 9.56. The van der Waals surface area contributed by atoms with Crippen LogP contribution in [0.1, 0.15) is 25.7 Å². The first-order valence-electron chi connectivity index (χ1n) is 10.5. The van der Waals surface area contributed by atoms with Crippen molar-refractivity contribution < 1.29 is 14.3 Å². The molecule has 0 heterocycles. The fourth-order valence-corrected chi connectivity index (χ4v) is 12.7. The Morgan fingerprint density at radius 1 is 0.885 bits per heavy atom. The number of alkyl halides is 2. The fraction of sp³-hybridized carbons (Fsp3) is 0.905. The summed E-state index contributed by atoms with van der Waals surface area (Å²) in [5.41, 5.74) is -0.798. The Morgan fingerprint density at radius 3 is 2.27 bits per heavy atom. The number of ketones is 1. The first kappa shape index (κ1) is 16.0. The predicted octanol–water partition coefficient (Wildman–Crippen LogP) is 3.68. The van der Waals surface area contributed by atoms with Gasteiger partial charge in [-0.3, -0.25) is 9.59 Å². The molecule has 0 radical (unpaired) electrons. The van der Waals surface area contributed by atoms with Crippen LogP contribution >= 0.6 is 31.9 Å². The Kier molecular flexibility index (Phi) is 2.84. The van der Waals surface area contributed by atoms with Crippen molar-refractivity contribution in [1.82, 2.24) is 0 Å². The second-order valence-electron chi connectivity index (χ2n) is 10.3.